The number of aromatic nitrogens is 1. The van der Waals surface area contributed by atoms with Crippen molar-refractivity contribution in [2.75, 3.05) is 52.4 Å². The smallest absolute Gasteiger partial charge is 0.304 e. The molecule has 0 aromatic carbocycles. The minimum absolute atomic E-state index is 0.00562. The maximum Gasteiger partial charge on any atom is 0.304 e. The van der Waals surface area contributed by atoms with Crippen LogP contribution < -0.4 is 9.69 Å². The molecular weight excluding hydrogens is 380 g/mol. The minimum Gasteiger partial charge on any atom is -0.306 e. The summed E-state index contributed by atoms with van der Waals surface area (Å²) in [5.41, 5.74) is 0.640. The maximum absolute atomic E-state index is 13.2. The molecular formula is C20H30ClN4O3+. The van der Waals surface area contributed by atoms with E-state index in [1.807, 2.05) is 22.9 Å². The predicted octanol–water partition coefficient (Wildman–Crippen LogP) is 1.52. The number of piperidine rings is 2. The molecule has 154 valence electrons. The molecule has 1 aromatic rings. The van der Waals surface area contributed by atoms with Gasteiger partial charge in [-0.05, 0) is 63.5 Å². The largest absolute Gasteiger partial charge is 0.306 e. The lowest BCUT2D eigenvalue weighted by molar-refractivity contribution is -0.694. The Kier molecular flexibility index (Phi) is 6.91. The highest BCUT2D eigenvalue weighted by Crippen LogP contribution is 2.22. The number of Topliss-reactive ketones (excluding diaryl/α,β-unsaturated/α-hetero) is 1. The van der Waals surface area contributed by atoms with Gasteiger partial charge >= 0.3 is 5.15 Å². The second kappa shape index (κ2) is 9.20. The molecule has 2 saturated heterocycles. The van der Waals surface area contributed by atoms with Gasteiger partial charge in [0.25, 0.3) is 5.69 Å². The molecule has 8 heteroatoms. The number of hydrogen-bond donors (Lipinski definition) is 0. The summed E-state index contributed by atoms with van der Waals surface area (Å²) in [5.74, 6) is 0.120. The first kappa shape index (κ1) is 21.0. The summed E-state index contributed by atoms with van der Waals surface area (Å²) in [6.45, 7) is 3.21. The lowest BCUT2D eigenvalue weighted by atomic mass is 9.91. The Balaban J connectivity index is 1.74. The van der Waals surface area contributed by atoms with Crippen LogP contribution in [0.2, 0.25) is 5.15 Å². The van der Waals surface area contributed by atoms with Gasteiger partial charge in [0.1, 0.15) is 0 Å². The van der Waals surface area contributed by atoms with E-state index in [0.717, 1.165) is 25.9 Å². The first-order valence-corrected chi connectivity index (χ1v) is 10.3. The lowest BCUT2D eigenvalue weighted by Crippen LogP contribution is -2.64. The van der Waals surface area contributed by atoms with Crippen LogP contribution in [-0.2, 0) is 9.63 Å². The lowest BCUT2D eigenvalue weighted by Gasteiger charge is -2.31. The van der Waals surface area contributed by atoms with Crippen LogP contribution in [0.3, 0.4) is 0 Å². The topological polar surface area (TPSA) is 57.0 Å². The third kappa shape index (κ3) is 4.47. The van der Waals surface area contributed by atoms with Crippen LogP contribution in [0.15, 0.2) is 18.2 Å². The average molecular weight is 410 g/mol. The van der Waals surface area contributed by atoms with E-state index in [9.17, 15) is 9.59 Å². The van der Waals surface area contributed by atoms with Crippen molar-refractivity contribution in [3.8, 4) is 0 Å². The van der Waals surface area contributed by atoms with Crippen LogP contribution in [0.25, 0.3) is 0 Å². The molecule has 0 unspecified atom stereocenters. The average Bonchev–Trinajstić information content (AvgIpc) is 2.72. The Morgan fingerprint density at radius 3 is 2.32 bits per heavy atom. The molecule has 2 fully saturated rings. The van der Waals surface area contributed by atoms with Crippen molar-refractivity contribution in [1.29, 1.82) is 0 Å². The summed E-state index contributed by atoms with van der Waals surface area (Å²) >= 11 is 6.51. The Labute approximate surface area is 171 Å². The molecule has 1 aromatic heterocycles. The Morgan fingerprint density at radius 1 is 1.11 bits per heavy atom. The highest BCUT2D eigenvalue weighted by atomic mass is 35.5. The number of ketones is 1. The van der Waals surface area contributed by atoms with Crippen molar-refractivity contribution in [3.63, 3.8) is 0 Å². The molecule has 2 aliphatic rings. The molecule has 1 amide bonds. The van der Waals surface area contributed by atoms with E-state index in [4.69, 9.17) is 16.4 Å². The second-order valence-corrected chi connectivity index (χ2v) is 8.12. The number of amides is 1. The van der Waals surface area contributed by atoms with Crippen LogP contribution >= 0.6 is 11.6 Å². The van der Waals surface area contributed by atoms with Crippen LogP contribution in [0.1, 0.15) is 36.2 Å². The number of hydroxylamine groups is 2. The van der Waals surface area contributed by atoms with Gasteiger partial charge in [-0.25, -0.2) is 5.06 Å². The van der Waals surface area contributed by atoms with E-state index in [2.05, 4.69) is 17.0 Å². The van der Waals surface area contributed by atoms with E-state index in [1.54, 1.807) is 7.05 Å². The van der Waals surface area contributed by atoms with Gasteiger partial charge in [0.05, 0.1) is 20.2 Å². The van der Waals surface area contributed by atoms with Gasteiger partial charge in [0.15, 0.2) is 0 Å². The fraction of sp³-hybridized carbons (Fsp3) is 0.650. The number of halogens is 1. The predicted molar refractivity (Wildman–Crippen MR) is 107 cm³/mol. The fourth-order valence-corrected chi connectivity index (χ4v) is 4.36. The van der Waals surface area contributed by atoms with E-state index in [-0.39, 0.29) is 23.5 Å². The van der Waals surface area contributed by atoms with Gasteiger partial charge in [0.2, 0.25) is 11.7 Å². The summed E-state index contributed by atoms with van der Waals surface area (Å²) in [7, 11) is 5.22. The standard InChI is InChI=1S/C20H30ClN4O3/c1-22-11-7-15(8-12-22)19(26)17-5-4-6-18(21)25(17)24-13-9-16(10-14-24)20(27)23(2)28-3/h4-6,15-16H,7-14H2,1-3H3/q+1. The normalized spacial score (nSPS) is 19.6. The van der Waals surface area contributed by atoms with Gasteiger partial charge in [0, 0.05) is 31.0 Å². The minimum atomic E-state index is -0.0719. The molecule has 0 spiro atoms. The number of carbonyl (C=O) groups is 2. The van der Waals surface area contributed by atoms with Crippen molar-refractivity contribution in [3.05, 3.63) is 29.0 Å². The molecule has 0 saturated carbocycles. The van der Waals surface area contributed by atoms with Gasteiger partial charge in [-0.3, -0.25) is 14.4 Å². The zero-order valence-corrected chi connectivity index (χ0v) is 17.7. The molecule has 0 atom stereocenters. The summed E-state index contributed by atoms with van der Waals surface area (Å²) in [4.78, 5) is 32.8. The molecule has 0 radical (unpaired) electrons. The van der Waals surface area contributed by atoms with Crippen LogP contribution in [0, 0.1) is 11.8 Å². The van der Waals surface area contributed by atoms with Crippen molar-refractivity contribution in [2.24, 2.45) is 11.8 Å². The van der Waals surface area contributed by atoms with E-state index in [1.165, 1.54) is 12.2 Å². The van der Waals surface area contributed by atoms with Gasteiger partial charge in [-0.2, -0.15) is 5.01 Å². The molecule has 7 nitrogen and oxygen atoms in total. The molecule has 3 heterocycles. The van der Waals surface area contributed by atoms with E-state index >= 15 is 0 Å². The summed E-state index contributed by atoms with van der Waals surface area (Å²) < 4.78 is 1.85. The number of hydrogen-bond acceptors (Lipinski definition) is 5. The molecule has 28 heavy (non-hydrogen) atoms. The Morgan fingerprint density at radius 2 is 1.71 bits per heavy atom. The SMILES string of the molecule is CON(C)C(=O)C1CCN([n+]2c(Cl)cccc2C(=O)C2CCN(C)CC2)CC1. The molecule has 0 bridgehead atoms. The fourth-order valence-electron chi connectivity index (χ4n) is 4.09. The number of likely N-dealkylation sites (tertiary alicyclic amines) is 1. The second-order valence-electron chi connectivity index (χ2n) is 7.73. The third-order valence-corrected chi connectivity index (χ3v) is 6.23. The molecule has 3 rings (SSSR count). The highest BCUT2D eigenvalue weighted by molar-refractivity contribution is 6.28. The Hall–Kier alpha value is -1.70. The summed E-state index contributed by atoms with van der Waals surface area (Å²) in [6, 6.07) is 5.51. The van der Waals surface area contributed by atoms with E-state index in [0.29, 0.717) is 36.8 Å². The molecule has 2 aliphatic heterocycles. The maximum atomic E-state index is 13.2. The van der Waals surface area contributed by atoms with Crippen LogP contribution in [0.5, 0.6) is 0 Å². The molecule has 0 aliphatic carbocycles. The van der Waals surface area contributed by atoms with Gasteiger partial charge in [-0.15, -0.1) is 0 Å². The number of pyridine rings is 1. The zero-order chi connectivity index (χ0) is 20.3. The number of nitrogens with zero attached hydrogens (tertiary/aromatic N) is 4. The summed E-state index contributed by atoms with van der Waals surface area (Å²) in [5, 5.41) is 3.90. The quantitative estimate of drug-likeness (QED) is 0.319. The highest BCUT2D eigenvalue weighted by Gasteiger charge is 2.37. The van der Waals surface area contributed by atoms with E-state index < -0.39 is 0 Å². The zero-order valence-electron chi connectivity index (χ0n) is 16.9. The number of carbonyl (C=O) groups excluding carboxylic acids is 2. The van der Waals surface area contributed by atoms with Gasteiger partial charge in [-0.1, -0.05) is 4.68 Å². The van der Waals surface area contributed by atoms with Crippen LogP contribution in [0.4, 0.5) is 0 Å². The molecule has 0 N–H and O–H groups in total. The van der Waals surface area contributed by atoms with Crippen molar-refractivity contribution >= 4 is 23.3 Å². The van der Waals surface area contributed by atoms with Crippen molar-refractivity contribution in [2.45, 2.75) is 25.7 Å². The van der Waals surface area contributed by atoms with Crippen LogP contribution in [-0.4, -0.2) is 69.0 Å². The first-order valence-electron chi connectivity index (χ1n) is 9.92. The third-order valence-electron chi connectivity index (χ3n) is 5.95. The number of rotatable bonds is 5. The Bertz CT molecular complexity index is 713. The van der Waals surface area contributed by atoms with Crippen molar-refractivity contribution < 1.29 is 19.1 Å². The van der Waals surface area contributed by atoms with Crippen molar-refractivity contribution in [1.82, 2.24) is 9.96 Å². The summed E-state index contributed by atoms with van der Waals surface area (Å²) in [6.07, 6.45) is 3.16. The first-order chi connectivity index (χ1) is 13.4. The monoisotopic (exact) mass is 409 g/mol. The van der Waals surface area contributed by atoms with Gasteiger partial charge < -0.3 is 4.90 Å².